The monoisotopic (exact) mass is 384 g/mol. The molecule has 0 unspecified atom stereocenters. The summed E-state index contributed by atoms with van der Waals surface area (Å²) < 4.78 is 1.86. The van der Waals surface area contributed by atoms with Crippen LogP contribution < -0.4 is 0 Å². The Hall–Kier alpha value is -0.610. The molecule has 0 spiro atoms. The van der Waals surface area contributed by atoms with Crippen molar-refractivity contribution < 1.29 is 0 Å². The highest BCUT2D eigenvalue weighted by atomic mass is 79.9. The van der Waals surface area contributed by atoms with Crippen molar-refractivity contribution in [2.75, 3.05) is 10.7 Å². The van der Waals surface area contributed by atoms with Gasteiger partial charge in [0.2, 0.25) is 0 Å². The molecule has 0 saturated carbocycles. The summed E-state index contributed by atoms with van der Waals surface area (Å²) in [5, 5.41) is 6.14. The van der Waals surface area contributed by atoms with Crippen LogP contribution in [0.15, 0.2) is 42.7 Å². The van der Waals surface area contributed by atoms with Gasteiger partial charge in [-0.25, -0.2) is 0 Å². The van der Waals surface area contributed by atoms with Gasteiger partial charge in [-0.15, -0.1) is 0 Å². The highest BCUT2D eigenvalue weighted by Crippen LogP contribution is 2.33. The number of hydrogen-bond acceptors (Lipinski definition) is 1. The van der Waals surface area contributed by atoms with Gasteiger partial charge in [0.05, 0.1) is 6.20 Å². The first kappa shape index (κ1) is 14.8. The van der Waals surface area contributed by atoms with Crippen LogP contribution in [0.25, 0.3) is 0 Å². The maximum absolute atomic E-state index is 4.23. The Kier molecular flexibility index (Phi) is 5.22. The smallest absolute Gasteiger partial charge is 0.0521 e. The molecule has 1 aromatic carbocycles. The molecule has 0 saturated heterocycles. The Morgan fingerprint density at radius 2 is 1.84 bits per heavy atom. The molecule has 4 heteroatoms. The van der Waals surface area contributed by atoms with Crippen molar-refractivity contribution in [3.63, 3.8) is 0 Å². The maximum Gasteiger partial charge on any atom is 0.0521 e. The van der Waals surface area contributed by atoms with Crippen LogP contribution in [0.1, 0.15) is 17.5 Å². The number of hydrogen-bond donors (Lipinski definition) is 0. The van der Waals surface area contributed by atoms with Gasteiger partial charge in [0.15, 0.2) is 0 Å². The number of benzene rings is 1. The summed E-state index contributed by atoms with van der Waals surface area (Å²) in [6.45, 7) is 0. The van der Waals surface area contributed by atoms with Crippen LogP contribution in [0.2, 0.25) is 0 Å². The fourth-order valence-corrected chi connectivity index (χ4v) is 4.38. The molecule has 0 atom stereocenters. The lowest BCUT2D eigenvalue weighted by atomic mass is 9.80. The SMILES string of the molecule is Cn1cc(CCC(CBr)(CBr)c2ccccc2)cn1. The molecule has 0 aliphatic rings. The summed E-state index contributed by atoms with van der Waals surface area (Å²) in [6.07, 6.45) is 6.19. The van der Waals surface area contributed by atoms with Gasteiger partial charge >= 0.3 is 0 Å². The minimum Gasteiger partial charge on any atom is -0.276 e. The fraction of sp³-hybridized carbons (Fsp3) is 0.400. The van der Waals surface area contributed by atoms with Gasteiger partial charge in [-0.1, -0.05) is 62.2 Å². The third-order valence-electron chi connectivity index (χ3n) is 3.55. The van der Waals surface area contributed by atoms with E-state index in [-0.39, 0.29) is 5.41 Å². The van der Waals surface area contributed by atoms with E-state index in [2.05, 4.69) is 73.5 Å². The molecule has 19 heavy (non-hydrogen) atoms. The highest BCUT2D eigenvalue weighted by molar-refractivity contribution is 9.09. The third kappa shape index (κ3) is 3.48. The van der Waals surface area contributed by atoms with Crippen LogP contribution in [0, 0.1) is 0 Å². The van der Waals surface area contributed by atoms with Gasteiger partial charge in [-0.2, -0.15) is 5.10 Å². The van der Waals surface area contributed by atoms with Gasteiger partial charge in [0.25, 0.3) is 0 Å². The molecule has 0 aliphatic carbocycles. The first-order valence-corrected chi connectivity index (χ1v) is 8.59. The van der Waals surface area contributed by atoms with Crippen molar-refractivity contribution in [1.82, 2.24) is 9.78 Å². The molecule has 1 aromatic heterocycles. The summed E-state index contributed by atoms with van der Waals surface area (Å²) in [7, 11) is 1.96. The minimum atomic E-state index is 0.136. The summed E-state index contributed by atoms with van der Waals surface area (Å²) in [4.78, 5) is 0. The van der Waals surface area contributed by atoms with Crippen molar-refractivity contribution in [2.45, 2.75) is 18.3 Å². The second-order valence-corrected chi connectivity index (χ2v) is 6.06. The molecule has 2 nitrogen and oxygen atoms in total. The molecule has 2 rings (SSSR count). The van der Waals surface area contributed by atoms with Gasteiger partial charge in [0, 0.05) is 29.3 Å². The lowest BCUT2D eigenvalue weighted by molar-refractivity contribution is 0.505. The van der Waals surface area contributed by atoms with Gasteiger partial charge < -0.3 is 0 Å². The van der Waals surface area contributed by atoms with Crippen LogP contribution in [0.3, 0.4) is 0 Å². The molecule has 0 aliphatic heterocycles. The Morgan fingerprint density at radius 1 is 1.16 bits per heavy atom. The number of rotatable bonds is 6. The molecule has 0 N–H and O–H groups in total. The van der Waals surface area contributed by atoms with E-state index in [1.807, 2.05) is 17.9 Å². The van der Waals surface area contributed by atoms with E-state index < -0.39 is 0 Å². The van der Waals surface area contributed by atoms with E-state index in [9.17, 15) is 0 Å². The van der Waals surface area contributed by atoms with Gasteiger partial charge in [-0.3, -0.25) is 4.68 Å². The van der Waals surface area contributed by atoms with Crippen molar-refractivity contribution in [1.29, 1.82) is 0 Å². The average Bonchev–Trinajstić information content (AvgIpc) is 2.88. The molecule has 2 aromatic rings. The predicted octanol–water partition coefficient (Wildman–Crippen LogP) is 4.08. The minimum absolute atomic E-state index is 0.136. The molecule has 0 fully saturated rings. The topological polar surface area (TPSA) is 17.8 Å². The molecule has 102 valence electrons. The van der Waals surface area contributed by atoms with Crippen LogP contribution in [0.5, 0.6) is 0 Å². The normalized spacial score (nSPS) is 11.7. The third-order valence-corrected chi connectivity index (χ3v) is 5.70. The molecule has 0 bridgehead atoms. The standard InChI is InChI=1S/C15H18Br2N2/c1-19-10-13(9-18-19)7-8-15(11-16,12-17)14-5-3-2-4-6-14/h2-6,9-10H,7-8,11-12H2,1H3. The van der Waals surface area contributed by atoms with Crippen molar-refractivity contribution in [2.24, 2.45) is 7.05 Å². The highest BCUT2D eigenvalue weighted by Gasteiger charge is 2.29. The molecule has 0 radical (unpaired) electrons. The van der Waals surface area contributed by atoms with E-state index in [1.54, 1.807) is 0 Å². The van der Waals surface area contributed by atoms with Crippen molar-refractivity contribution in [3.8, 4) is 0 Å². The first-order chi connectivity index (χ1) is 9.20. The second-order valence-electron chi connectivity index (χ2n) is 4.94. The molecular formula is C15H18Br2N2. The van der Waals surface area contributed by atoms with Gasteiger partial charge in [-0.05, 0) is 24.0 Å². The summed E-state index contributed by atoms with van der Waals surface area (Å²) >= 11 is 7.40. The maximum atomic E-state index is 4.23. The summed E-state index contributed by atoms with van der Waals surface area (Å²) in [5.74, 6) is 0. The fourth-order valence-electron chi connectivity index (χ4n) is 2.24. The lowest BCUT2D eigenvalue weighted by Gasteiger charge is -2.30. The number of aromatic nitrogens is 2. The van der Waals surface area contributed by atoms with E-state index >= 15 is 0 Å². The Labute approximate surface area is 131 Å². The second kappa shape index (κ2) is 6.71. The zero-order valence-electron chi connectivity index (χ0n) is 11.0. The van der Waals surface area contributed by atoms with Crippen LogP contribution in [-0.4, -0.2) is 20.4 Å². The zero-order chi connectivity index (χ0) is 13.7. The van der Waals surface area contributed by atoms with Crippen LogP contribution in [-0.2, 0) is 18.9 Å². The van der Waals surface area contributed by atoms with E-state index in [0.29, 0.717) is 0 Å². The van der Waals surface area contributed by atoms with E-state index in [4.69, 9.17) is 0 Å². The van der Waals surface area contributed by atoms with Crippen molar-refractivity contribution in [3.05, 3.63) is 53.9 Å². The Morgan fingerprint density at radius 3 is 2.37 bits per heavy atom. The largest absolute Gasteiger partial charge is 0.276 e. The van der Waals surface area contributed by atoms with Gasteiger partial charge in [0.1, 0.15) is 0 Å². The molecular weight excluding hydrogens is 368 g/mol. The summed E-state index contributed by atoms with van der Waals surface area (Å²) in [6, 6.07) is 10.7. The summed E-state index contributed by atoms with van der Waals surface area (Å²) in [5.41, 5.74) is 2.81. The van der Waals surface area contributed by atoms with Crippen molar-refractivity contribution >= 4 is 31.9 Å². The zero-order valence-corrected chi connectivity index (χ0v) is 14.2. The predicted molar refractivity (Wildman–Crippen MR) is 87.2 cm³/mol. The van der Waals surface area contributed by atoms with E-state index in [1.165, 1.54) is 11.1 Å². The Bertz CT molecular complexity index is 504. The lowest BCUT2D eigenvalue weighted by Crippen LogP contribution is -2.30. The number of halogens is 2. The Balaban J connectivity index is 2.16. The number of alkyl halides is 2. The van der Waals surface area contributed by atoms with Crippen LogP contribution in [0.4, 0.5) is 0 Å². The molecule has 0 amide bonds. The first-order valence-electron chi connectivity index (χ1n) is 6.35. The van der Waals surface area contributed by atoms with Crippen LogP contribution >= 0.6 is 31.9 Å². The number of nitrogens with zero attached hydrogens (tertiary/aromatic N) is 2. The number of aryl methyl sites for hydroxylation is 2. The quantitative estimate of drug-likeness (QED) is 0.685. The average molecular weight is 386 g/mol. The molecule has 1 heterocycles. The van der Waals surface area contributed by atoms with E-state index in [0.717, 1.165) is 23.5 Å².